The van der Waals surface area contributed by atoms with Crippen molar-refractivity contribution in [2.75, 3.05) is 11.8 Å². The van der Waals surface area contributed by atoms with Crippen molar-refractivity contribution in [3.63, 3.8) is 0 Å². The van der Waals surface area contributed by atoms with E-state index in [2.05, 4.69) is 9.82 Å². The maximum absolute atomic E-state index is 13.3. The Morgan fingerprint density at radius 3 is 2.34 bits per heavy atom. The van der Waals surface area contributed by atoms with Crippen LogP contribution in [0.3, 0.4) is 0 Å². The second-order valence-electron chi connectivity index (χ2n) is 5.94. The average molecular weight is 414 g/mol. The lowest BCUT2D eigenvalue weighted by Gasteiger charge is -2.10. The van der Waals surface area contributed by atoms with E-state index in [1.165, 1.54) is 60.3 Å². The molecule has 0 aliphatic carbocycles. The first-order valence-corrected chi connectivity index (χ1v) is 9.69. The largest absolute Gasteiger partial charge is 0.464 e. The predicted molar refractivity (Wildman–Crippen MR) is 102 cm³/mol. The van der Waals surface area contributed by atoms with Crippen LogP contribution in [0.2, 0.25) is 0 Å². The Morgan fingerprint density at radius 1 is 1.17 bits per heavy atom. The predicted octanol–water partition coefficient (Wildman–Crippen LogP) is 2.69. The third-order valence-corrected chi connectivity index (χ3v) is 5.44. The minimum absolute atomic E-state index is 0.102. The maximum Gasteiger partial charge on any atom is 0.358 e. The van der Waals surface area contributed by atoms with Crippen molar-refractivity contribution in [2.24, 2.45) is 7.05 Å². The summed E-state index contributed by atoms with van der Waals surface area (Å²) in [6, 6.07) is 12.4. The molecule has 29 heavy (non-hydrogen) atoms. The lowest BCUT2D eigenvalue weighted by molar-refractivity contribution is 0.0589. The van der Waals surface area contributed by atoms with Crippen molar-refractivity contribution in [1.82, 2.24) is 9.78 Å². The van der Waals surface area contributed by atoms with Gasteiger partial charge in [0.1, 0.15) is 17.2 Å². The zero-order chi connectivity index (χ0) is 21.2. The molecule has 1 N–H and O–H groups in total. The number of rotatable bonds is 5. The van der Waals surface area contributed by atoms with Gasteiger partial charge in [-0.2, -0.15) is 10.4 Å². The van der Waals surface area contributed by atoms with Gasteiger partial charge in [-0.3, -0.25) is 9.40 Å². The molecule has 0 aliphatic rings. The van der Waals surface area contributed by atoms with Gasteiger partial charge in [-0.25, -0.2) is 17.6 Å². The molecule has 0 fully saturated rings. The number of hydrogen-bond donors (Lipinski definition) is 1. The monoisotopic (exact) mass is 414 g/mol. The number of methoxy groups -OCH3 is 1. The summed E-state index contributed by atoms with van der Waals surface area (Å²) in [6.45, 7) is 0. The van der Waals surface area contributed by atoms with Gasteiger partial charge >= 0.3 is 5.97 Å². The van der Waals surface area contributed by atoms with Gasteiger partial charge in [-0.05, 0) is 48.5 Å². The fraction of sp³-hybridized carbons (Fsp3) is 0.105. The van der Waals surface area contributed by atoms with E-state index in [0.29, 0.717) is 11.1 Å². The molecule has 2 aromatic carbocycles. The maximum atomic E-state index is 13.3. The average Bonchev–Trinajstić information content (AvgIpc) is 3.03. The summed E-state index contributed by atoms with van der Waals surface area (Å²) in [7, 11) is -1.51. The zero-order valence-corrected chi connectivity index (χ0v) is 16.2. The van der Waals surface area contributed by atoms with Gasteiger partial charge in [-0.1, -0.05) is 0 Å². The van der Waals surface area contributed by atoms with E-state index in [-0.39, 0.29) is 22.0 Å². The molecule has 0 aliphatic heterocycles. The molecule has 0 amide bonds. The van der Waals surface area contributed by atoms with Gasteiger partial charge in [0.2, 0.25) is 0 Å². The number of ether oxygens (including phenoxy) is 1. The number of hydrogen-bond acceptors (Lipinski definition) is 6. The third-order valence-electron chi connectivity index (χ3n) is 4.07. The van der Waals surface area contributed by atoms with Gasteiger partial charge in [0.05, 0.1) is 23.6 Å². The number of anilines is 1. The van der Waals surface area contributed by atoms with Crippen LogP contribution in [0.4, 0.5) is 10.1 Å². The van der Waals surface area contributed by atoms with Crippen molar-refractivity contribution in [3.05, 3.63) is 65.6 Å². The van der Waals surface area contributed by atoms with Gasteiger partial charge in [0, 0.05) is 12.6 Å². The third kappa shape index (κ3) is 3.95. The smallest absolute Gasteiger partial charge is 0.358 e. The van der Waals surface area contributed by atoms with E-state index in [1.807, 2.05) is 6.07 Å². The highest BCUT2D eigenvalue weighted by atomic mass is 32.2. The Kier molecular flexibility index (Phi) is 5.34. The number of sulfonamides is 1. The van der Waals surface area contributed by atoms with Crippen LogP contribution < -0.4 is 4.72 Å². The number of nitrogens with zero attached hydrogens (tertiary/aromatic N) is 3. The molecule has 1 aromatic heterocycles. The van der Waals surface area contributed by atoms with Crippen LogP contribution in [0.25, 0.3) is 11.3 Å². The fourth-order valence-electron chi connectivity index (χ4n) is 2.66. The van der Waals surface area contributed by atoms with Crippen LogP contribution in [0.1, 0.15) is 16.1 Å². The lowest BCUT2D eigenvalue weighted by atomic mass is 10.1. The number of carbonyl (C=O) groups is 1. The number of aryl methyl sites for hydroxylation is 1. The SMILES string of the molecule is COC(=O)c1c(NS(=O)(=O)c2ccc(C#N)cc2)c(-c2ccc(F)cc2)nn1C. The number of esters is 1. The molecule has 0 radical (unpaired) electrons. The second-order valence-corrected chi connectivity index (χ2v) is 7.62. The lowest BCUT2D eigenvalue weighted by Crippen LogP contribution is -2.17. The molecule has 148 valence electrons. The quantitative estimate of drug-likeness (QED) is 0.642. The highest BCUT2D eigenvalue weighted by molar-refractivity contribution is 7.92. The molecule has 3 aromatic rings. The molecule has 10 heteroatoms. The Balaban J connectivity index is 2.14. The molecule has 0 spiro atoms. The van der Waals surface area contributed by atoms with Crippen LogP contribution in [-0.2, 0) is 21.8 Å². The van der Waals surface area contributed by atoms with Gasteiger partial charge in [-0.15, -0.1) is 0 Å². The number of benzene rings is 2. The summed E-state index contributed by atoms with van der Waals surface area (Å²) >= 11 is 0. The first-order valence-electron chi connectivity index (χ1n) is 8.21. The van der Waals surface area contributed by atoms with Crippen LogP contribution in [0.5, 0.6) is 0 Å². The summed E-state index contributed by atoms with van der Waals surface area (Å²) in [5.41, 5.74) is 0.603. The van der Waals surface area contributed by atoms with Crippen LogP contribution in [0, 0.1) is 17.1 Å². The summed E-state index contributed by atoms with van der Waals surface area (Å²) in [5.74, 6) is -1.27. The second kappa shape index (κ2) is 7.73. The molecule has 0 bridgehead atoms. The van der Waals surface area contributed by atoms with Crippen LogP contribution in [-0.4, -0.2) is 31.3 Å². The van der Waals surface area contributed by atoms with Crippen molar-refractivity contribution < 1.29 is 22.3 Å². The first kappa shape index (κ1) is 20.0. The Morgan fingerprint density at radius 2 is 1.79 bits per heavy atom. The van der Waals surface area contributed by atoms with E-state index in [4.69, 9.17) is 10.00 Å². The Bertz CT molecular complexity index is 1210. The van der Waals surface area contributed by atoms with E-state index < -0.39 is 21.8 Å². The molecule has 1 heterocycles. The van der Waals surface area contributed by atoms with Crippen LogP contribution >= 0.6 is 0 Å². The standard InChI is InChI=1S/C19H15FN4O4S/c1-24-18(19(25)28-2)17(16(22-24)13-5-7-14(20)8-6-13)23-29(26,27)15-9-3-12(11-21)4-10-15/h3-10,23H,1-2H3. The van der Waals surface area contributed by atoms with Gasteiger partial charge in [0.25, 0.3) is 10.0 Å². The highest BCUT2D eigenvalue weighted by Crippen LogP contribution is 2.32. The van der Waals surface area contributed by atoms with Crippen molar-refractivity contribution in [1.29, 1.82) is 5.26 Å². The molecule has 0 saturated heterocycles. The first-order chi connectivity index (χ1) is 13.8. The molecule has 8 nitrogen and oxygen atoms in total. The molecule has 0 saturated carbocycles. The summed E-state index contributed by atoms with van der Waals surface area (Å²) in [6.07, 6.45) is 0. The zero-order valence-electron chi connectivity index (χ0n) is 15.4. The molecule has 0 atom stereocenters. The highest BCUT2D eigenvalue weighted by Gasteiger charge is 2.28. The normalized spacial score (nSPS) is 11.0. The van der Waals surface area contributed by atoms with Gasteiger partial charge in [0.15, 0.2) is 5.69 Å². The number of aromatic nitrogens is 2. The number of nitriles is 1. The van der Waals surface area contributed by atoms with Gasteiger partial charge < -0.3 is 4.74 Å². The minimum atomic E-state index is -4.12. The minimum Gasteiger partial charge on any atom is -0.464 e. The Hall–Kier alpha value is -3.71. The van der Waals surface area contributed by atoms with E-state index in [0.717, 1.165) is 7.11 Å². The van der Waals surface area contributed by atoms with Crippen LogP contribution in [0.15, 0.2) is 53.4 Å². The molecular weight excluding hydrogens is 399 g/mol. The fourth-order valence-corrected chi connectivity index (χ4v) is 3.74. The Labute approximate surface area is 166 Å². The number of halogens is 1. The molecular formula is C19H15FN4O4S. The van der Waals surface area contributed by atoms with Crippen molar-refractivity contribution in [3.8, 4) is 17.3 Å². The van der Waals surface area contributed by atoms with E-state index in [1.54, 1.807) is 0 Å². The number of carbonyl (C=O) groups excluding carboxylic acids is 1. The summed E-state index contributed by atoms with van der Waals surface area (Å²) in [5, 5.41) is 13.1. The number of nitrogens with one attached hydrogen (secondary N) is 1. The summed E-state index contributed by atoms with van der Waals surface area (Å²) in [4.78, 5) is 12.1. The van der Waals surface area contributed by atoms with Crippen molar-refractivity contribution in [2.45, 2.75) is 4.90 Å². The molecule has 3 rings (SSSR count). The summed E-state index contributed by atoms with van der Waals surface area (Å²) < 4.78 is 47.3. The van der Waals surface area contributed by atoms with Crippen molar-refractivity contribution >= 4 is 21.7 Å². The topological polar surface area (TPSA) is 114 Å². The van der Waals surface area contributed by atoms with E-state index in [9.17, 15) is 17.6 Å². The molecule has 0 unspecified atom stereocenters. The van der Waals surface area contributed by atoms with E-state index >= 15 is 0 Å².